The molecule has 0 saturated carbocycles. The van der Waals surface area contributed by atoms with Crippen LogP contribution in [-0.2, 0) is 13.0 Å². The average Bonchev–Trinajstić information content (AvgIpc) is 3.07. The number of hydrogen-bond acceptors (Lipinski definition) is 3. The van der Waals surface area contributed by atoms with Gasteiger partial charge in [0.2, 0.25) is 0 Å². The summed E-state index contributed by atoms with van der Waals surface area (Å²) in [6, 6.07) is 16.6. The molecule has 0 radical (unpaired) electrons. The number of nitrogens with zero attached hydrogens (tertiary/aromatic N) is 4. The van der Waals surface area contributed by atoms with Crippen molar-refractivity contribution in [2.45, 2.75) is 25.8 Å². The van der Waals surface area contributed by atoms with Crippen molar-refractivity contribution >= 4 is 11.6 Å². The fraction of sp³-hybridized carbons (Fsp3) is 0.391. The first-order valence-electron chi connectivity index (χ1n) is 10.1. The fourth-order valence-corrected chi connectivity index (χ4v) is 4.11. The Hall–Kier alpha value is -2.66. The molecule has 3 heterocycles. The van der Waals surface area contributed by atoms with E-state index in [0.29, 0.717) is 18.2 Å². The molecule has 0 N–H and O–H groups in total. The number of pyridine rings is 1. The van der Waals surface area contributed by atoms with E-state index in [1.165, 1.54) is 5.56 Å². The van der Waals surface area contributed by atoms with Crippen LogP contribution in [0.4, 0.5) is 0 Å². The Morgan fingerprint density at radius 3 is 2.50 bits per heavy atom. The minimum atomic E-state index is 0.0683. The maximum atomic E-state index is 13.3. The first kappa shape index (κ1) is 18.7. The molecule has 4 rings (SSSR count). The molecule has 1 saturated heterocycles. The second-order valence-corrected chi connectivity index (χ2v) is 8.00. The van der Waals surface area contributed by atoms with E-state index in [1.54, 1.807) is 0 Å². The predicted molar refractivity (Wildman–Crippen MR) is 111 cm³/mol. The second kappa shape index (κ2) is 8.15. The third-order valence-electron chi connectivity index (χ3n) is 5.57. The van der Waals surface area contributed by atoms with Crippen molar-refractivity contribution < 1.29 is 4.79 Å². The van der Waals surface area contributed by atoms with Crippen LogP contribution in [0.25, 0.3) is 5.65 Å². The number of fused-ring (bicyclic) bond motifs is 1. The van der Waals surface area contributed by atoms with Gasteiger partial charge in [-0.25, -0.2) is 4.98 Å². The number of carbonyl (C=O) groups excluding carboxylic acids is 1. The van der Waals surface area contributed by atoms with Crippen molar-refractivity contribution in [2.75, 3.05) is 27.2 Å². The summed E-state index contributed by atoms with van der Waals surface area (Å²) in [5.41, 5.74) is 3.79. The van der Waals surface area contributed by atoms with Crippen LogP contribution in [-0.4, -0.2) is 52.3 Å². The van der Waals surface area contributed by atoms with Crippen LogP contribution in [0.3, 0.4) is 0 Å². The van der Waals surface area contributed by atoms with E-state index in [2.05, 4.69) is 40.2 Å². The van der Waals surface area contributed by atoms with Gasteiger partial charge in [0.1, 0.15) is 5.65 Å². The molecule has 5 heteroatoms. The number of rotatable bonds is 5. The zero-order chi connectivity index (χ0) is 19.5. The highest BCUT2D eigenvalue weighted by Gasteiger charge is 2.28. The Kier molecular flexibility index (Phi) is 5.44. The lowest BCUT2D eigenvalue weighted by atomic mass is 9.90. The molecule has 2 aromatic heterocycles. The molecule has 0 unspecified atom stereocenters. The molecule has 28 heavy (non-hydrogen) atoms. The molecule has 0 spiro atoms. The molecule has 1 fully saturated rings. The lowest BCUT2D eigenvalue weighted by Crippen LogP contribution is -2.39. The van der Waals surface area contributed by atoms with E-state index >= 15 is 0 Å². The smallest absolute Gasteiger partial charge is 0.274 e. The summed E-state index contributed by atoms with van der Waals surface area (Å²) < 4.78 is 2.04. The van der Waals surface area contributed by atoms with E-state index in [4.69, 9.17) is 0 Å². The third-order valence-corrected chi connectivity index (χ3v) is 5.57. The maximum Gasteiger partial charge on any atom is 0.274 e. The van der Waals surface area contributed by atoms with Gasteiger partial charge in [-0.1, -0.05) is 36.4 Å². The van der Waals surface area contributed by atoms with Gasteiger partial charge >= 0.3 is 0 Å². The van der Waals surface area contributed by atoms with Crippen LogP contribution in [0.2, 0.25) is 0 Å². The van der Waals surface area contributed by atoms with Gasteiger partial charge in [0.05, 0.1) is 5.69 Å². The summed E-state index contributed by atoms with van der Waals surface area (Å²) >= 11 is 0. The summed E-state index contributed by atoms with van der Waals surface area (Å²) in [4.78, 5) is 22.0. The SMILES string of the molecule is CN(C)Cc1c(C(=O)N2CCC(Cc3ccccc3)CC2)nc2ccccn12. The van der Waals surface area contributed by atoms with Gasteiger partial charge in [-0.3, -0.25) is 4.79 Å². The van der Waals surface area contributed by atoms with Gasteiger partial charge < -0.3 is 14.2 Å². The monoisotopic (exact) mass is 376 g/mol. The Balaban J connectivity index is 1.48. The molecule has 1 aliphatic heterocycles. The first-order valence-corrected chi connectivity index (χ1v) is 10.1. The zero-order valence-corrected chi connectivity index (χ0v) is 16.7. The van der Waals surface area contributed by atoms with Crippen molar-refractivity contribution in [3.63, 3.8) is 0 Å². The summed E-state index contributed by atoms with van der Waals surface area (Å²) in [5, 5.41) is 0. The van der Waals surface area contributed by atoms with E-state index in [9.17, 15) is 4.79 Å². The molecule has 0 bridgehead atoms. The van der Waals surface area contributed by atoms with Crippen molar-refractivity contribution in [1.82, 2.24) is 19.2 Å². The highest BCUT2D eigenvalue weighted by Crippen LogP contribution is 2.24. The molecule has 1 aromatic carbocycles. The lowest BCUT2D eigenvalue weighted by Gasteiger charge is -2.32. The summed E-state index contributed by atoms with van der Waals surface area (Å²) in [6.45, 7) is 2.31. The van der Waals surface area contributed by atoms with Crippen LogP contribution in [0.5, 0.6) is 0 Å². The van der Waals surface area contributed by atoms with E-state index in [-0.39, 0.29) is 5.91 Å². The van der Waals surface area contributed by atoms with Crippen LogP contribution in [0, 0.1) is 5.92 Å². The van der Waals surface area contributed by atoms with Crippen molar-refractivity contribution in [3.05, 3.63) is 71.7 Å². The number of piperidine rings is 1. The van der Waals surface area contributed by atoms with Gasteiger partial charge in [-0.15, -0.1) is 0 Å². The van der Waals surface area contributed by atoms with Gasteiger partial charge in [0, 0.05) is 25.8 Å². The van der Waals surface area contributed by atoms with Crippen molar-refractivity contribution in [3.8, 4) is 0 Å². The highest BCUT2D eigenvalue weighted by molar-refractivity contribution is 5.94. The van der Waals surface area contributed by atoms with Crippen LogP contribution >= 0.6 is 0 Å². The van der Waals surface area contributed by atoms with Gasteiger partial charge in [0.15, 0.2) is 5.69 Å². The van der Waals surface area contributed by atoms with E-state index in [1.807, 2.05) is 47.8 Å². The summed E-state index contributed by atoms with van der Waals surface area (Å²) in [7, 11) is 4.04. The molecule has 146 valence electrons. The quantitative estimate of drug-likeness (QED) is 0.684. The standard InChI is InChI=1S/C23H28N4O/c1-25(2)17-20-22(24-21-10-6-7-13-27(20)21)23(28)26-14-11-19(12-15-26)16-18-8-4-3-5-9-18/h3-10,13,19H,11-12,14-17H2,1-2H3. The number of imidazole rings is 1. The predicted octanol–water partition coefficient (Wildman–Crippen LogP) is 3.49. The van der Waals surface area contributed by atoms with Crippen LogP contribution < -0.4 is 0 Å². The number of aromatic nitrogens is 2. The van der Waals surface area contributed by atoms with Crippen molar-refractivity contribution in [2.24, 2.45) is 5.92 Å². The molecule has 0 atom stereocenters. The molecule has 3 aromatic rings. The van der Waals surface area contributed by atoms with Crippen molar-refractivity contribution in [1.29, 1.82) is 0 Å². The number of likely N-dealkylation sites (tertiary alicyclic amines) is 1. The summed E-state index contributed by atoms with van der Waals surface area (Å²) in [6.07, 6.45) is 5.20. The molecular weight excluding hydrogens is 348 g/mol. The second-order valence-electron chi connectivity index (χ2n) is 8.00. The van der Waals surface area contributed by atoms with Gasteiger partial charge in [0.25, 0.3) is 5.91 Å². The normalized spacial score (nSPS) is 15.5. The highest BCUT2D eigenvalue weighted by atomic mass is 16.2. The Morgan fingerprint density at radius 1 is 1.07 bits per heavy atom. The first-order chi connectivity index (χ1) is 13.6. The Bertz CT molecular complexity index is 940. The minimum Gasteiger partial charge on any atom is -0.337 e. The molecule has 0 aliphatic carbocycles. The van der Waals surface area contributed by atoms with Crippen LogP contribution in [0.1, 0.15) is 34.6 Å². The minimum absolute atomic E-state index is 0.0683. The Morgan fingerprint density at radius 2 is 1.79 bits per heavy atom. The molecule has 1 amide bonds. The average molecular weight is 377 g/mol. The number of amides is 1. The zero-order valence-electron chi connectivity index (χ0n) is 16.7. The number of hydrogen-bond donors (Lipinski definition) is 0. The maximum absolute atomic E-state index is 13.3. The van der Waals surface area contributed by atoms with E-state index < -0.39 is 0 Å². The van der Waals surface area contributed by atoms with Crippen LogP contribution in [0.15, 0.2) is 54.7 Å². The largest absolute Gasteiger partial charge is 0.337 e. The third kappa shape index (κ3) is 3.94. The molecule has 5 nitrogen and oxygen atoms in total. The van der Waals surface area contributed by atoms with Gasteiger partial charge in [-0.2, -0.15) is 0 Å². The number of carbonyl (C=O) groups is 1. The van der Waals surface area contributed by atoms with Gasteiger partial charge in [-0.05, 0) is 57.0 Å². The van der Waals surface area contributed by atoms with E-state index in [0.717, 1.165) is 43.7 Å². The fourth-order valence-electron chi connectivity index (χ4n) is 4.11. The number of benzene rings is 1. The summed E-state index contributed by atoms with van der Waals surface area (Å²) in [5.74, 6) is 0.715. The Labute approximate surface area is 166 Å². The molecular formula is C23H28N4O. The molecule has 1 aliphatic rings. The lowest BCUT2D eigenvalue weighted by molar-refractivity contribution is 0.0683. The topological polar surface area (TPSA) is 40.9 Å².